The van der Waals surface area contributed by atoms with Gasteiger partial charge in [0.15, 0.2) is 0 Å². The van der Waals surface area contributed by atoms with E-state index in [0.29, 0.717) is 5.56 Å². The summed E-state index contributed by atoms with van der Waals surface area (Å²) in [6.45, 7) is 2.04. The first-order valence-corrected chi connectivity index (χ1v) is 9.42. The molecule has 29 heavy (non-hydrogen) atoms. The molecular formula is C21H23N5O3. The number of benzene rings is 1. The number of ketones is 1. The first-order chi connectivity index (χ1) is 13.8. The molecule has 8 heteroatoms. The van der Waals surface area contributed by atoms with Crippen molar-refractivity contribution in [3.63, 3.8) is 0 Å². The summed E-state index contributed by atoms with van der Waals surface area (Å²) in [6, 6.07) is 9.41. The van der Waals surface area contributed by atoms with Crippen molar-refractivity contribution in [2.75, 3.05) is 23.7 Å². The molecule has 2 aromatic rings. The van der Waals surface area contributed by atoms with Gasteiger partial charge >= 0.3 is 5.69 Å². The van der Waals surface area contributed by atoms with Crippen LogP contribution in [0.3, 0.4) is 0 Å². The lowest BCUT2D eigenvalue weighted by Crippen LogP contribution is -2.41. The van der Waals surface area contributed by atoms with E-state index in [1.165, 1.54) is 39.4 Å². The van der Waals surface area contributed by atoms with Crippen molar-refractivity contribution in [1.82, 2.24) is 9.13 Å². The SMILES string of the molecule is Cn1c(N)c(C(=O)/C(C#N)=C/c2ccc(N3CCCCC3)cc2)c(=O)n(C)c1=O. The lowest BCUT2D eigenvalue weighted by atomic mass is 10.0. The van der Waals surface area contributed by atoms with Crippen LogP contribution in [0.4, 0.5) is 11.5 Å². The number of carbonyl (C=O) groups excluding carboxylic acids is 1. The minimum atomic E-state index is -0.822. The van der Waals surface area contributed by atoms with Crippen LogP contribution in [0.2, 0.25) is 0 Å². The Balaban J connectivity index is 1.95. The van der Waals surface area contributed by atoms with Crippen LogP contribution in [0, 0.1) is 11.3 Å². The molecule has 1 aromatic carbocycles. The Morgan fingerprint density at radius 2 is 1.69 bits per heavy atom. The number of rotatable bonds is 4. The number of piperidine rings is 1. The van der Waals surface area contributed by atoms with Crippen LogP contribution in [-0.4, -0.2) is 28.0 Å². The molecule has 2 N–H and O–H groups in total. The molecule has 0 aliphatic carbocycles. The van der Waals surface area contributed by atoms with Crippen LogP contribution in [0.25, 0.3) is 6.08 Å². The number of Topliss-reactive ketones (excluding diaryl/α,β-unsaturated/α-hetero) is 1. The molecule has 3 rings (SSSR count). The predicted molar refractivity (Wildman–Crippen MR) is 112 cm³/mol. The number of nitrogen functional groups attached to an aromatic ring is 1. The largest absolute Gasteiger partial charge is 0.384 e. The van der Waals surface area contributed by atoms with Crippen LogP contribution >= 0.6 is 0 Å². The molecule has 0 bridgehead atoms. The van der Waals surface area contributed by atoms with Crippen molar-refractivity contribution in [2.24, 2.45) is 14.1 Å². The van der Waals surface area contributed by atoms with E-state index in [1.54, 1.807) is 0 Å². The number of carbonyl (C=O) groups is 1. The summed E-state index contributed by atoms with van der Waals surface area (Å²) in [5.74, 6) is -1.06. The molecule has 0 atom stereocenters. The average molecular weight is 393 g/mol. The maximum absolute atomic E-state index is 12.8. The first kappa shape index (κ1) is 20.1. The van der Waals surface area contributed by atoms with Crippen LogP contribution in [0.15, 0.2) is 39.4 Å². The lowest BCUT2D eigenvalue weighted by molar-refractivity contribution is 0.103. The number of nitrogens with zero attached hydrogens (tertiary/aromatic N) is 4. The number of hydrogen-bond acceptors (Lipinski definition) is 6. The molecule has 1 aliphatic rings. The summed E-state index contributed by atoms with van der Waals surface area (Å²) in [5, 5.41) is 9.49. The Hall–Kier alpha value is -3.60. The van der Waals surface area contributed by atoms with E-state index in [0.717, 1.165) is 27.9 Å². The highest BCUT2D eigenvalue weighted by atomic mass is 16.2. The third-order valence-corrected chi connectivity index (χ3v) is 5.23. The standard InChI is InChI=1S/C21H23N5O3/c1-24-19(23)17(20(28)25(2)21(24)29)18(27)15(13-22)12-14-6-8-16(9-7-14)26-10-4-3-5-11-26/h6-9,12H,3-5,10-11,23H2,1-2H3/b15-12+. The van der Waals surface area contributed by atoms with Gasteiger partial charge in [-0.25, -0.2) is 4.79 Å². The average Bonchev–Trinajstić information content (AvgIpc) is 2.75. The first-order valence-electron chi connectivity index (χ1n) is 9.42. The van der Waals surface area contributed by atoms with Gasteiger partial charge in [-0.3, -0.25) is 18.7 Å². The van der Waals surface area contributed by atoms with Crippen LogP contribution in [0.1, 0.15) is 35.2 Å². The second kappa shape index (κ2) is 8.19. The van der Waals surface area contributed by atoms with Gasteiger partial charge in [0.25, 0.3) is 5.56 Å². The Labute approximate surface area is 168 Å². The maximum atomic E-state index is 12.8. The third kappa shape index (κ3) is 3.85. The van der Waals surface area contributed by atoms with E-state index in [2.05, 4.69) is 4.90 Å². The normalized spacial score (nSPS) is 14.5. The molecule has 0 spiro atoms. The second-order valence-electron chi connectivity index (χ2n) is 7.10. The van der Waals surface area contributed by atoms with Crippen molar-refractivity contribution in [2.45, 2.75) is 19.3 Å². The molecule has 1 aliphatic heterocycles. The highest BCUT2D eigenvalue weighted by molar-refractivity contribution is 6.16. The third-order valence-electron chi connectivity index (χ3n) is 5.23. The molecule has 0 radical (unpaired) electrons. The van der Waals surface area contributed by atoms with Crippen LogP contribution in [0.5, 0.6) is 0 Å². The summed E-state index contributed by atoms with van der Waals surface area (Å²) in [7, 11) is 2.62. The van der Waals surface area contributed by atoms with Gasteiger partial charge < -0.3 is 10.6 Å². The number of allylic oxidation sites excluding steroid dienone is 1. The number of aromatic nitrogens is 2. The second-order valence-corrected chi connectivity index (χ2v) is 7.10. The minimum Gasteiger partial charge on any atom is -0.384 e. The van der Waals surface area contributed by atoms with Gasteiger partial charge in [-0.1, -0.05) is 12.1 Å². The summed E-state index contributed by atoms with van der Waals surface area (Å²) >= 11 is 0. The summed E-state index contributed by atoms with van der Waals surface area (Å²) in [5.41, 5.74) is 5.52. The Bertz CT molecular complexity index is 1130. The van der Waals surface area contributed by atoms with Gasteiger partial charge in [-0.15, -0.1) is 0 Å². The maximum Gasteiger partial charge on any atom is 0.332 e. The molecule has 2 heterocycles. The van der Waals surface area contributed by atoms with E-state index < -0.39 is 17.0 Å². The Morgan fingerprint density at radius 3 is 2.28 bits per heavy atom. The smallest absolute Gasteiger partial charge is 0.332 e. The molecule has 0 amide bonds. The number of nitrogens with two attached hydrogens (primary N) is 1. The van der Waals surface area contributed by atoms with Gasteiger partial charge in [-0.2, -0.15) is 5.26 Å². The highest BCUT2D eigenvalue weighted by Crippen LogP contribution is 2.21. The molecule has 1 saturated heterocycles. The summed E-state index contributed by atoms with van der Waals surface area (Å²) < 4.78 is 1.81. The predicted octanol–water partition coefficient (Wildman–Crippen LogP) is 1.45. The quantitative estimate of drug-likeness (QED) is 0.478. The van der Waals surface area contributed by atoms with Crippen molar-refractivity contribution in [1.29, 1.82) is 5.26 Å². The van der Waals surface area contributed by atoms with Gasteiger partial charge in [0.2, 0.25) is 5.78 Å². The van der Waals surface area contributed by atoms with E-state index in [9.17, 15) is 19.6 Å². The number of anilines is 2. The van der Waals surface area contributed by atoms with Gasteiger partial charge in [0.05, 0.1) is 0 Å². The van der Waals surface area contributed by atoms with Crippen molar-refractivity contribution >= 4 is 23.4 Å². The fourth-order valence-electron chi connectivity index (χ4n) is 3.46. The van der Waals surface area contributed by atoms with Gasteiger partial charge in [-0.05, 0) is 43.0 Å². The zero-order chi connectivity index (χ0) is 21.1. The fourth-order valence-corrected chi connectivity index (χ4v) is 3.46. The molecular weight excluding hydrogens is 370 g/mol. The monoisotopic (exact) mass is 393 g/mol. The Kier molecular flexibility index (Phi) is 5.69. The molecule has 0 unspecified atom stereocenters. The van der Waals surface area contributed by atoms with Crippen molar-refractivity contribution in [3.8, 4) is 6.07 Å². The lowest BCUT2D eigenvalue weighted by Gasteiger charge is -2.28. The molecule has 1 fully saturated rings. The van der Waals surface area contributed by atoms with E-state index in [1.807, 2.05) is 30.3 Å². The molecule has 1 aromatic heterocycles. The number of nitriles is 1. The van der Waals surface area contributed by atoms with Gasteiger partial charge in [0.1, 0.15) is 23.0 Å². The van der Waals surface area contributed by atoms with Crippen LogP contribution in [-0.2, 0) is 14.1 Å². The zero-order valence-electron chi connectivity index (χ0n) is 16.5. The molecule has 8 nitrogen and oxygen atoms in total. The van der Waals surface area contributed by atoms with Crippen molar-refractivity contribution < 1.29 is 4.79 Å². The highest BCUT2D eigenvalue weighted by Gasteiger charge is 2.23. The topological polar surface area (TPSA) is 114 Å². The van der Waals surface area contributed by atoms with E-state index >= 15 is 0 Å². The summed E-state index contributed by atoms with van der Waals surface area (Å²) in [4.78, 5) is 39.5. The fraction of sp³-hybridized carbons (Fsp3) is 0.333. The Morgan fingerprint density at radius 1 is 1.07 bits per heavy atom. The molecule has 150 valence electrons. The molecule has 0 saturated carbocycles. The van der Waals surface area contributed by atoms with Gasteiger partial charge in [0, 0.05) is 32.9 Å². The van der Waals surface area contributed by atoms with E-state index in [4.69, 9.17) is 5.73 Å². The summed E-state index contributed by atoms with van der Waals surface area (Å²) in [6.07, 6.45) is 5.01. The van der Waals surface area contributed by atoms with Crippen molar-refractivity contribution in [3.05, 3.63) is 61.8 Å². The van der Waals surface area contributed by atoms with Crippen LogP contribution < -0.4 is 21.9 Å². The minimum absolute atomic E-state index is 0.224. The number of hydrogen-bond donors (Lipinski definition) is 1. The van der Waals surface area contributed by atoms with E-state index in [-0.39, 0.29) is 17.0 Å². The zero-order valence-corrected chi connectivity index (χ0v) is 16.5.